The Morgan fingerprint density at radius 3 is 2.48 bits per heavy atom. The van der Waals surface area contributed by atoms with E-state index in [1.54, 1.807) is 25.3 Å². The van der Waals surface area contributed by atoms with Gasteiger partial charge in [-0.1, -0.05) is 17.7 Å². The smallest absolute Gasteiger partial charge is 0.129 e. The molecule has 0 saturated heterocycles. The molecule has 1 unspecified atom stereocenters. The van der Waals surface area contributed by atoms with Crippen LogP contribution in [0, 0.1) is 11.6 Å². The van der Waals surface area contributed by atoms with Crippen molar-refractivity contribution in [1.82, 2.24) is 0 Å². The number of methoxy groups -OCH3 is 1. The van der Waals surface area contributed by atoms with E-state index < -0.39 is 11.6 Å². The minimum Gasteiger partial charge on any atom is -0.496 e. The highest BCUT2D eigenvalue weighted by Crippen LogP contribution is 2.24. The third kappa shape index (κ3) is 4.16. The molecule has 2 rings (SSSR count). The zero-order chi connectivity index (χ0) is 15.4. The summed E-state index contributed by atoms with van der Waals surface area (Å²) in [6.07, 6.45) is 0.794. The molecule has 1 atom stereocenters. The van der Waals surface area contributed by atoms with E-state index in [4.69, 9.17) is 22.1 Å². The molecule has 5 heteroatoms. The van der Waals surface area contributed by atoms with Crippen molar-refractivity contribution in [2.24, 2.45) is 5.73 Å². The summed E-state index contributed by atoms with van der Waals surface area (Å²) >= 11 is 5.96. The van der Waals surface area contributed by atoms with Crippen LogP contribution in [0.25, 0.3) is 0 Å². The minimum absolute atomic E-state index is 0.307. The lowest BCUT2D eigenvalue weighted by Crippen LogP contribution is -2.26. The van der Waals surface area contributed by atoms with Crippen molar-refractivity contribution in [3.63, 3.8) is 0 Å². The normalized spacial score (nSPS) is 12.2. The van der Waals surface area contributed by atoms with Crippen LogP contribution >= 0.6 is 11.6 Å². The Balaban J connectivity index is 2.11. The number of halogens is 3. The molecule has 2 aromatic carbocycles. The Kier molecular flexibility index (Phi) is 5.15. The number of nitrogens with two attached hydrogens (primary N) is 1. The topological polar surface area (TPSA) is 35.2 Å². The second-order valence-corrected chi connectivity index (χ2v) is 5.30. The predicted molar refractivity (Wildman–Crippen MR) is 79.7 cm³/mol. The number of ether oxygens (including phenoxy) is 1. The van der Waals surface area contributed by atoms with E-state index in [9.17, 15) is 8.78 Å². The summed E-state index contributed by atoms with van der Waals surface area (Å²) in [5.74, 6) is -0.487. The largest absolute Gasteiger partial charge is 0.496 e. The third-order valence-corrected chi connectivity index (χ3v) is 3.46. The first-order valence-corrected chi connectivity index (χ1v) is 6.89. The van der Waals surface area contributed by atoms with Crippen molar-refractivity contribution in [2.75, 3.05) is 7.11 Å². The van der Waals surface area contributed by atoms with Crippen molar-refractivity contribution in [1.29, 1.82) is 0 Å². The molecule has 0 aromatic heterocycles. The van der Waals surface area contributed by atoms with Gasteiger partial charge in [0.1, 0.15) is 17.4 Å². The molecule has 0 spiro atoms. The summed E-state index contributed by atoms with van der Waals surface area (Å²) in [5, 5.41) is 0.589. The Hall–Kier alpha value is -1.65. The van der Waals surface area contributed by atoms with Gasteiger partial charge in [-0.2, -0.15) is 0 Å². The second kappa shape index (κ2) is 6.87. The van der Waals surface area contributed by atoms with Crippen LogP contribution in [0.3, 0.4) is 0 Å². The lowest BCUT2D eigenvalue weighted by Gasteiger charge is -2.15. The summed E-state index contributed by atoms with van der Waals surface area (Å²) in [5.41, 5.74) is 7.31. The highest BCUT2D eigenvalue weighted by Gasteiger charge is 2.13. The minimum atomic E-state index is -0.596. The van der Waals surface area contributed by atoms with Crippen LogP contribution < -0.4 is 10.5 Å². The molecular weight excluding hydrogens is 296 g/mol. The zero-order valence-corrected chi connectivity index (χ0v) is 12.3. The van der Waals surface area contributed by atoms with Crippen molar-refractivity contribution in [3.05, 3.63) is 64.2 Å². The van der Waals surface area contributed by atoms with Gasteiger partial charge >= 0.3 is 0 Å². The van der Waals surface area contributed by atoms with Gasteiger partial charge in [-0.25, -0.2) is 8.78 Å². The Bertz CT molecular complexity index is 634. The van der Waals surface area contributed by atoms with Gasteiger partial charge in [0, 0.05) is 17.1 Å². The molecule has 2 aromatic rings. The molecule has 0 heterocycles. The molecule has 2 nitrogen and oxygen atoms in total. The number of benzene rings is 2. The van der Waals surface area contributed by atoms with E-state index in [1.165, 1.54) is 12.1 Å². The zero-order valence-electron chi connectivity index (χ0n) is 11.6. The van der Waals surface area contributed by atoms with E-state index in [-0.39, 0.29) is 6.04 Å². The molecule has 0 radical (unpaired) electrons. The van der Waals surface area contributed by atoms with Gasteiger partial charge in [0.15, 0.2) is 0 Å². The number of rotatable bonds is 5. The SMILES string of the molecule is COc1ccc(Cl)cc1CC(N)Cc1ccc(F)cc1F. The Labute approximate surface area is 127 Å². The predicted octanol–water partition coefficient (Wildman–Crippen LogP) is 3.74. The maximum absolute atomic E-state index is 13.6. The molecule has 0 aliphatic heterocycles. The third-order valence-electron chi connectivity index (χ3n) is 3.22. The molecule has 21 heavy (non-hydrogen) atoms. The maximum atomic E-state index is 13.6. The first-order valence-electron chi connectivity index (χ1n) is 6.51. The van der Waals surface area contributed by atoms with Crippen molar-refractivity contribution in [2.45, 2.75) is 18.9 Å². The molecular formula is C16H16ClF2NO. The molecule has 0 aliphatic carbocycles. The summed E-state index contributed by atoms with van der Waals surface area (Å²) in [7, 11) is 1.57. The van der Waals surface area contributed by atoms with Crippen LogP contribution in [0.2, 0.25) is 5.02 Å². The fourth-order valence-corrected chi connectivity index (χ4v) is 2.43. The molecule has 0 amide bonds. The van der Waals surface area contributed by atoms with Gasteiger partial charge < -0.3 is 10.5 Å². The van der Waals surface area contributed by atoms with Gasteiger partial charge in [-0.15, -0.1) is 0 Å². The van der Waals surface area contributed by atoms with E-state index in [0.29, 0.717) is 29.2 Å². The van der Waals surface area contributed by atoms with Crippen molar-refractivity contribution >= 4 is 11.6 Å². The molecule has 112 valence electrons. The number of hydrogen-bond acceptors (Lipinski definition) is 2. The van der Waals surface area contributed by atoms with Gasteiger partial charge in [0.2, 0.25) is 0 Å². The van der Waals surface area contributed by atoms with Crippen LogP contribution in [0.4, 0.5) is 8.78 Å². The molecule has 0 saturated carbocycles. The highest BCUT2D eigenvalue weighted by molar-refractivity contribution is 6.30. The van der Waals surface area contributed by atoms with E-state index >= 15 is 0 Å². The van der Waals surface area contributed by atoms with Gasteiger partial charge in [-0.05, 0) is 48.2 Å². The van der Waals surface area contributed by atoms with Crippen LogP contribution in [0.15, 0.2) is 36.4 Å². The van der Waals surface area contributed by atoms with Crippen molar-refractivity contribution < 1.29 is 13.5 Å². The number of hydrogen-bond donors (Lipinski definition) is 1. The fourth-order valence-electron chi connectivity index (χ4n) is 2.23. The summed E-state index contributed by atoms with van der Waals surface area (Å²) in [6, 6.07) is 8.46. The quantitative estimate of drug-likeness (QED) is 0.913. The van der Waals surface area contributed by atoms with Gasteiger partial charge in [0.05, 0.1) is 7.11 Å². The second-order valence-electron chi connectivity index (χ2n) is 4.86. The molecule has 0 bridgehead atoms. The van der Waals surface area contributed by atoms with Gasteiger partial charge in [0.25, 0.3) is 0 Å². The first-order chi connectivity index (χ1) is 9.99. The van der Waals surface area contributed by atoms with Crippen LogP contribution in [0.1, 0.15) is 11.1 Å². The summed E-state index contributed by atoms with van der Waals surface area (Å²) < 4.78 is 31.7. The van der Waals surface area contributed by atoms with Crippen LogP contribution in [-0.4, -0.2) is 13.2 Å². The fraction of sp³-hybridized carbons (Fsp3) is 0.250. The summed E-state index contributed by atoms with van der Waals surface area (Å²) in [6.45, 7) is 0. The lowest BCUT2D eigenvalue weighted by molar-refractivity contribution is 0.407. The van der Waals surface area contributed by atoms with Crippen LogP contribution in [0.5, 0.6) is 5.75 Å². The maximum Gasteiger partial charge on any atom is 0.129 e. The summed E-state index contributed by atoms with van der Waals surface area (Å²) in [4.78, 5) is 0. The Morgan fingerprint density at radius 1 is 1.10 bits per heavy atom. The Morgan fingerprint density at radius 2 is 1.81 bits per heavy atom. The van der Waals surface area contributed by atoms with E-state index in [1.807, 2.05) is 0 Å². The molecule has 2 N–H and O–H groups in total. The van der Waals surface area contributed by atoms with E-state index in [2.05, 4.69) is 0 Å². The van der Waals surface area contributed by atoms with E-state index in [0.717, 1.165) is 11.6 Å². The monoisotopic (exact) mass is 311 g/mol. The highest BCUT2D eigenvalue weighted by atomic mass is 35.5. The molecule has 0 aliphatic rings. The molecule has 0 fully saturated rings. The lowest BCUT2D eigenvalue weighted by atomic mass is 9.99. The average Bonchev–Trinajstić information content (AvgIpc) is 2.42. The van der Waals surface area contributed by atoms with Crippen molar-refractivity contribution in [3.8, 4) is 5.75 Å². The average molecular weight is 312 g/mol. The van der Waals surface area contributed by atoms with Gasteiger partial charge in [-0.3, -0.25) is 0 Å². The first kappa shape index (κ1) is 15.7. The standard InChI is InChI=1S/C16H16ClF2NO/c1-21-16-5-3-12(17)6-11(16)8-14(20)7-10-2-4-13(18)9-15(10)19/h2-6,9,14H,7-8,20H2,1H3. The van der Waals surface area contributed by atoms with Crippen LogP contribution in [-0.2, 0) is 12.8 Å².